The number of rotatable bonds is 25. The molecule has 0 amide bonds. The van der Waals surface area contributed by atoms with Crippen molar-refractivity contribution in [3.05, 3.63) is 0 Å². The van der Waals surface area contributed by atoms with Gasteiger partial charge in [0.15, 0.2) is 0 Å². The zero-order valence-corrected chi connectivity index (χ0v) is 22.5. The van der Waals surface area contributed by atoms with Gasteiger partial charge >= 0.3 is 11.9 Å². The summed E-state index contributed by atoms with van der Waals surface area (Å²) in [5.41, 5.74) is 0. The first-order chi connectivity index (χ1) is 16.1. The van der Waals surface area contributed by atoms with Gasteiger partial charge in [0.2, 0.25) is 0 Å². The third-order valence-corrected chi connectivity index (χ3v) is 6.24. The predicted octanol–water partition coefficient (Wildman–Crippen LogP) is 6.65. The van der Waals surface area contributed by atoms with Crippen LogP contribution in [-0.4, -0.2) is 42.2 Å². The molecule has 5 nitrogen and oxygen atoms in total. The summed E-state index contributed by atoms with van der Waals surface area (Å²) in [5, 5.41) is 11.6. The molecule has 0 bridgehead atoms. The fourth-order valence-electron chi connectivity index (χ4n) is 4.07. The molecule has 0 aromatic rings. The molecule has 0 aliphatic heterocycles. The van der Waals surface area contributed by atoms with Crippen LogP contribution in [0.4, 0.5) is 0 Å². The van der Waals surface area contributed by atoms with E-state index in [0.717, 1.165) is 32.1 Å². The first-order valence-corrected chi connectivity index (χ1v) is 14.3. The van der Waals surface area contributed by atoms with E-state index in [4.69, 9.17) is 4.84 Å². The van der Waals surface area contributed by atoms with E-state index in [2.05, 4.69) is 18.8 Å². The summed E-state index contributed by atoms with van der Waals surface area (Å²) in [6.45, 7) is 5.87. The van der Waals surface area contributed by atoms with Gasteiger partial charge in [-0.2, -0.15) is 0 Å². The van der Waals surface area contributed by atoms with E-state index in [0.29, 0.717) is 25.4 Å². The Morgan fingerprint density at radius 2 is 1.09 bits per heavy atom. The molecule has 0 heterocycles. The van der Waals surface area contributed by atoms with Crippen LogP contribution in [0.1, 0.15) is 149 Å². The summed E-state index contributed by atoms with van der Waals surface area (Å²) in [6, 6.07) is 0. The van der Waals surface area contributed by atoms with Gasteiger partial charge < -0.3 is 9.94 Å². The van der Waals surface area contributed by atoms with Crippen LogP contribution in [0.5, 0.6) is 0 Å². The van der Waals surface area contributed by atoms with Gasteiger partial charge in [0.25, 0.3) is 0 Å². The molecular weight excluding hydrogens is 412 g/mol. The summed E-state index contributed by atoms with van der Waals surface area (Å²) in [5.74, 6) is 0.260. The van der Waals surface area contributed by atoms with E-state index in [9.17, 15) is 9.90 Å². The van der Waals surface area contributed by atoms with Crippen molar-refractivity contribution in [2.45, 2.75) is 149 Å². The number of nitrogens with zero attached hydrogens (tertiary/aromatic N) is 1. The van der Waals surface area contributed by atoms with Crippen molar-refractivity contribution in [3.63, 3.8) is 0 Å². The molecule has 0 saturated heterocycles. The van der Waals surface area contributed by atoms with E-state index >= 15 is 0 Å². The monoisotopic (exact) mass is 469 g/mol. The molecule has 0 radical (unpaired) electrons. The number of aliphatic hydroxyl groups excluding tert-OH is 1. The molecule has 0 aromatic heterocycles. The Morgan fingerprint density at radius 1 is 0.667 bits per heavy atom. The lowest BCUT2D eigenvalue weighted by Crippen LogP contribution is -2.73. The highest BCUT2D eigenvalue weighted by Crippen LogP contribution is 2.11. The van der Waals surface area contributed by atoms with Crippen LogP contribution in [0.15, 0.2) is 0 Å². The van der Waals surface area contributed by atoms with E-state index in [1.165, 1.54) is 96.3 Å². The van der Waals surface area contributed by atoms with Crippen LogP contribution in [-0.2, 0) is 9.63 Å². The first-order valence-electron chi connectivity index (χ1n) is 14.3. The quantitative estimate of drug-likeness (QED) is 0.0680. The minimum Gasteiger partial charge on any atom is -0.464 e. The van der Waals surface area contributed by atoms with Crippen molar-refractivity contribution in [2.24, 2.45) is 0 Å². The minimum atomic E-state index is -0.131. The van der Waals surface area contributed by atoms with Gasteiger partial charge in [-0.1, -0.05) is 117 Å². The average molecular weight is 470 g/mol. The lowest BCUT2D eigenvalue weighted by atomic mass is 10.1. The van der Waals surface area contributed by atoms with Crippen LogP contribution in [0.3, 0.4) is 0 Å². The van der Waals surface area contributed by atoms with Gasteiger partial charge in [-0.3, -0.25) is 4.79 Å². The molecule has 2 N–H and O–H groups in total. The largest absolute Gasteiger partial charge is 0.464 e. The van der Waals surface area contributed by atoms with Gasteiger partial charge in [0.1, 0.15) is 6.54 Å². The van der Waals surface area contributed by atoms with E-state index < -0.39 is 0 Å². The Hall–Kier alpha value is -1.10. The summed E-state index contributed by atoms with van der Waals surface area (Å²) in [4.78, 5) is 20.4. The predicted molar refractivity (Wildman–Crippen MR) is 140 cm³/mol. The maximum Gasteiger partial charge on any atom is 0.332 e. The Morgan fingerprint density at radius 3 is 1.58 bits per heavy atom. The zero-order valence-electron chi connectivity index (χ0n) is 22.5. The van der Waals surface area contributed by atoms with Gasteiger partial charge in [0, 0.05) is 26.4 Å². The number of hydrogen-bond donors (Lipinski definition) is 2. The molecule has 0 rings (SSSR count). The number of hydroxylamine groups is 2. The average Bonchev–Trinajstić information content (AvgIpc) is 2.79. The number of aliphatic hydroxyl groups is 1. The van der Waals surface area contributed by atoms with Crippen molar-refractivity contribution in [1.82, 2.24) is 5.06 Å². The van der Waals surface area contributed by atoms with Crippen molar-refractivity contribution < 1.29 is 19.7 Å². The minimum absolute atomic E-state index is 0.131. The van der Waals surface area contributed by atoms with Crippen molar-refractivity contribution in [3.8, 4) is 0 Å². The molecular formula is C28H57N2O3+. The van der Waals surface area contributed by atoms with Crippen LogP contribution in [0.2, 0.25) is 0 Å². The van der Waals surface area contributed by atoms with E-state index in [1.54, 1.807) is 12.1 Å². The second kappa shape index (κ2) is 25.5. The Kier molecular flexibility index (Phi) is 24.7. The third kappa shape index (κ3) is 25.4. The summed E-state index contributed by atoms with van der Waals surface area (Å²) in [7, 11) is 1.81. The van der Waals surface area contributed by atoms with Crippen LogP contribution >= 0.6 is 0 Å². The molecule has 0 saturated carbocycles. The number of carbonyl (C=O) groups excluding carboxylic acids is 1. The number of nitrogens with one attached hydrogen (secondary N) is 1. The van der Waals surface area contributed by atoms with Gasteiger partial charge in [0.05, 0.1) is 6.42 Å². The second-order valence-electron chi connectivity index (χ2n) is 9.70. The second-order valence-corrected chi connectivity index (χ2v) is 9.70. The fourth-order valence-corrected chi connectivity index (χ4v) is 4.07. The molecule has 0 aliphatic rings. The molecule has 0 unspecified atom stereocenters. The standard InChI is InChI=1S/C28H56N2O3/c1-4-6-8-10-12-14-16-18-20-23-27(31)29-25-22-26-30(3)33-28(32)24-21-19-17-15-13-11-9-7-5-2/h4-26H2,1-3H3,(H,29,31)/p+1. The molecule has 0 spiro atoms. The lowest BCUT2D eigenvalue weighted by molar-refractivity contribution is -0.469. The highest BCUT2D eigenvalue weighted by atomic mass is 16.7. The van der Waals surface area contributed by atoms with Gasteiger partial charge in [-0.15, -0.1) is 5.06 Å². The van der Waals surface area contributed by atoms with E-state index in [-0.39, 0.29) is 5.97 Å². The van der Waals surface area contributed by atoms with Crippen LogP contribution in [0, 0.1) is 0 Å². The SMILES string of the molecule is CCCCCCCCCCCC(=O)ON(C)CCC[NH+]=C(O)CCCCCCCCCCC. The molecule has 0 aliphatic carbocycles. The highest BCUT2D eigenvalue weighted by Gasteiger charge is 2.08. The molecule has 5 heteroatoms. The molecule has 0 fully saturated rings. The summed E-state index contributed by atoms with van der Waals surface area (Å²) < 4.78 is 0. The smallest absolute Gasteiger partial charge is 0.332 e. The Bertz CT molecular complexity index is 454. The van der Waals surface area contributed by atoms with Crippen LogP contribution in [0.25, 0.3) is 0 Å². The lowest BCUT2D eigenvalue weighted by Gasteiger charge is -2.14. The number of hydrogen-bond acceptors (Lipinski definition) is 3. The molecule has 0 aromatic carbocycles. The number of carbonyl (C=O) groups is 1. The molecule has 0 atom stereocenters. The molecule has 196 valence electrons. The van der Waals surface area contributed by atoms with Crippen molar-refractivity contribution >= 4 is 11.9 Å². The summed E-state index contributed by atoms with van der Waals surface area (Å²) in [6.07, 6.45) is 24.9. The van der Waals surface area contributed by atoms with Crippen molar-refractivity contribution in [1.29, 1.82) is 0 Å². The third-order valence-electron chi connectivity index (χ3n) is 6.24. The Balaban J connectivity index is 3.51. The van der Waals surface area contributed by atoms with Crippen molar-refractivity contribution in [2.75, 3.05) is 20.1 Å². The zero-order chi connectivity index (χ0) is 24.4. The van der Waals surface area contributed by atoms with E-state index in [1.807, 2.05) is 0 Å². The maximum absolute atomic E-state index is 11.9. The van der Waals surface area contributed by atoms with Gasteiger partial charge in [-0.25, -0.2) is 4.99 Å². The normalized spacial score (nSPS) is 11.9. The van der Waals surface area contributed by atoms with Gasteiger partial charge in [-0.05, 0) is 12.8 Å². The fraction of sp³-hybridized carbons (Fsp3) is 0.929. The Labute approximate surface area is 205 Å². The topological polar surface area (TPSA) is 63.7 Å². The summed E-state index contributed by atoms with van der Waals surface area (Å²) >= 11 is 0. The molecule has 33 heavy (non-hydrogen) atoms. The number of unbranched alkanes of at least 4 members (excludes halogenated alkanes) is 16. The van der Waals surface area contributed by atoms with Crippen LogP contribution < -0.4 is 4.99 Å². The highest BCUT2D eigenvalue weighted by molar-refractivity contribution is 5.68. The maximum atomic E-state index is 11.9. The first kappa shape index (κ1) is 31.9.